The number of halogens is 1. The standard InChI is InChI=1S/C13H14FN3OS/c1-8(2)18-11-7-12(10(15)6-9(11)14)19-13-16-4-3-5-17-13/h3-8H,15H2,1-2H3. The molecule has 0 amide bonds. The highest BCUT2D eigenvalue weighted by atomic mass is 32.2. The van der Waals surface area contributed by atoms with Crippen LogP contribution >= 0.6 is 11.8 Å². The Bertz CT molecular complexity index is 563. The molecule has 0 radical (unpaired) electrons. The fourth-order valence-electron chi connectivity index (χ4n) is 1.42. The summed E-state index contributed by atoms with van der Waals surface area (Å²) in [4.78, 5) is 8.85. The van der Waals surface area contributed by atoms with Gasteiger partial charge in [0.2, 0.25) is 0 Å². The Morgan fingerprint density at radius 3 is 2.58 bits per heavy atom. The van der Waals surface area contributed by atoms with Gasteiger partial charge in [0.15, 0.2) is 16.7 Å². The largest absolute Gasteiger partial charge is 0.488 e. The lowest BCUT2D eigenvalue weighted by atomic mass is 10.3. The lowest BCUT2D eigenvalue weighted by molar-refractivity contribution is 0.230. The molecule has 0 unspecified atom stereocenters. The number of rotatable bonds is 4. The first-order valence-corrected chi connectivity index (χ1v) is 6.58. The molecule has 2 rings (SSSR count). The second-order valence-corrected chi connectivity index (χ2v) is 5.13. The molecule has 0 aliphatic heterocycles. The van der Waals surface area contributed by atoms with E-state index in [0.717, 1.165) is 0 Å². The minimum atomic E-state index is -0.468. The summed E-state index contributed by atoms with van der Waals surface area (Å²) in [5.74, 6) is -0.285. The zero-order chi connectivity index (χ0) is 13.8. The van der Waals surface area contributed by atoms with Crippen LogP contribution in [0.5, 0.6) is 5.75 Å². The Balaban J connectivity index is 2.29. The van der Waals surface area contributed by atoms with E-state index >= 15 is 0 Å². The molecule has 4 nitrogen and oxygen atoms in total. The molecule has 0 spiro atoms. The summed E-state index contributed by atoms with van der Waals surface area (Å²) >= 11 is 1.27. The average Bonchev–Trinajstić information content (AvgIpc) is 2.36. The van der Waals surface area contributed by atoms with Crippen LogP contribution in [-0.4, -0.2) is 16.1 Å². The van der Waals surface area contributed by atoms with Gasteiger partial charge in [-0.2, -0.15) is 0 Å². The first-order chi connectivity index (χ1) is 9.06. The number of benzene rings is 1. The summed E-state index contributed by atoms with van der Waals surface area (Å²) in [6, 6.07) is 4.56. The Kier molecular flexibility index (Phi) is 4.21. The molecule has 0 saturated carbocycles. The molecule has 0 bridgehead atoms. The molecule has 1 aromatic heterocycles. The number of anilines is 1. The number of nitrogens with zero attached hydrogens (tertiary/aromatic N) is 2. The fraction of sp³-hybridized carbons (Fsp3) is 0.231. The summed E-state index contributed by atoms with van der Waals surface area (Å²) in [6.07, 6.45) is 3.17. The van der Waals surface area contributed by atoms with E-state index < -0.39 is 5.82 Å². The zero-order valence-electron chi connectivity index (χ0n) is 10.6. The molecule has 1 aromatic carbocycles. The number of ether oxygens (including phenoxy) is 1. The highest BCUT2D eigenvalue weighted by molar-refractivity contribution is 7.99. The van der Waals surface area contributed by atoms with Gasteiger partial charge in [0.1, 0.15) is 0 Å². The second-order valence-electron chi connectivity index (χ2n) is 4.12. The molecular weight excluding hydrogens is 265 g/mol. The van der Waals surface area contributed by atoms with Crippen molar-refractivity contribution in [2.45, 2.75) is 30.0 Å². The predicted molar refractivity (Wildman–Crippen MR) is 72.7 cm³/mol. The minimum absolute atomic E-state index is 0.107. The van der Waals surface area contributed by atoms with Crippen molar-refractivity contribution in [2.75, 3.05) is 5.73 Å². The molecule has 0 fully saturated rings. The maximum Gasteiger partial charge on any atom is 0.192 e. The summed E-state index contributed by atoms with van der Waals surface area (Å²) < 4.78 is 19.1. The Morgan fingerprint density at radius 2 is 1.95 bits per heavy atom. The maximum atomic E-state index is 13.7. The normalized spacial score (nSPS) is 10.7. The van der Waals surface area contributed by atoms with Crippen LogP contribution < -0.4 is 10.5 Å². The molecule has 2 aromatic rings. The van der Waals surface area contributed by atoms with Crippen LogP contribution in [-0.2, 0) is 0 Å². The maximum absolute atomic E-state index is 13.7. The van der Waals surface area contributed by atoms with Gasteiger partial charge in [-0.15, -0.1) is 0 Å². The van der Waals surface area contributed by atoms with E-state index in [1.807, 2.05) is 13.8 Å². The van der Waals surface area contributed by atoms with Gasteiger partial charge in [-0.3, -0.25) is 0 Å². The van der Waals surface area contributed by atoms with E-state index in [1.54, 1.807) is 24.5 Å². The number of nitrogen functional groups attached to an aromatic ring is 1. The average molecular weight is 279 g/mol. The van der Waals surface area contributed by atoms with E-state index in [2.05, 4.69) is 9.97 Å². The van der Waals surface area contributed by atoms with E-state index in [1.165, 1.54) is 17.8 Å². The van der Waals surface area contributed by atoms with Crippen LogP contribution in [0.1, 0.15) is 13.8 Å². The lowest BCUT2D eigenvalue weighted by Crippen LogP contribution is -2.07. The van der Waals surface area contributed by atoms with Crippen molar-refractivity contribution >= 4 is 17.4 Å². The Labute approximate surface area is 115 Å². The lowest BCUT2D eigenvalue weighted by Gasteiger charge is -2.13. The molecule has 100 valence electrons. The summed E-state index contributed by atoms with van der Waals surface area (Å²) in [5, 5.41) is 0.552. The Hall–Kier alpha value is -1.82. The Morgan fingerprint density at radius 1 is 1.26 bits per heavy atom. The monoisotopic (exact) mass is 279 g/mol. The molecule has 0 aliphatic rings. The fourth-order valence-corrected chi connectivity index (χ4v) is 2.19. The highest BCUT2D eigenvalue weighted by Gasteiger charge is 2.12. The molecule has 6 heteroatoms. The van der Waals surface area contributed by atoms with Crippen LogP contribution in [0.3, 0.4) is 0 Å². The zero-order valence-corrected chi connectivity index (χ0v) is 11.4. The summed E-state index contributed by atoms with van der Waals surface area (Å²) in [7, 11) is 0. The smallest absolute Gasteiger partial charge is 0.192 e. The first-order valence-electron chi connectivity index (χ1n) is 5.77. The van der Waals surface area contributed by atoms with Crippen LogP contribution in [0.15, 0.2) is 40.6 Å². The third-order valence-corrected chi connectivity index (χ3v) is 3.14. The molecule has 0 saturated heterocycles. The third-order valence-electron chi connectivity index (χ3n) is 2.17. The third kappa shape index (κ3) is 3.57. The van der Waals surface area contributed by atoms with Crippen molar-refractivity contribution in [3.63, 3.8) is 0 Å². The van der Waals surface area contributed by atoms with E-state index in [9.17, 15) is 4.39 Å². The van der Waals surface area contributed by atoms with Gasteiger partial charge in [0, 0.05) is 29.0 Å². The minimum Gasteiger partial charge on any atom is -0.488 e. The molecule has 0 atom stereocenters. The van der Waals surface area contributed by atoms with Gasteiger partial charge in [-0.25, -0.2) is 14.4 Å². The number of hydrogen-bond donors (Lipinski definition) is 1. The molecule has 1 heterocycles. The molecular formula is C13H14FN3OS. The van der Waals surface area contributed by atoms with E-state index in [-0.39, 0.29) is 11.9 Å². The van der Waals surface area contributed by atoms with Gasteiger partial charge in [-0.1, -0.05) is 0 Å². The van der Waals surface area contributed by atoms with Crippen LogP contribution in [0.25, 0.3) is 0 Å². The van der Waals surface area contributed by atoms with E-state index in [4.69, 9.17) is 10.5 Å². The van der Waals surface area contributed by atoms with Crippen molar-refractivity contribution in [2.24, 2.45) is 0 Å². The van der Waals surface area contributed by atoms with Crippen LogP contribution in [0.4, 0.5) is 10.1 Å². The van der Waals surface area contributed by atoms with Crippen molar-refractivity contribution in [3.05, 3.63) is 36.4 Å². The van der Waals surface area contributed by atoms with Gasteiger partial charge < -0.3 is 10.5 Å². The van der Waals surface area contributed by atoms with Crippen molar-refractivity contribution in [1.82, 2.24) is 9.97 Å². The number of aromatic nitrogens is 2. The van der Waals surface area contributed by atoms with Crippen molar-refractivity contribution < 1.29 is 9.13 Å². The predicted octanol–water partition coefficient (Wildman–Crippen LogP) is 3.14. The van der Waals surface area contributed by atoms with Crippen molar-refractivity contribution in [1.29, 1.82) is 0 Å². The topological polar surface area (TPSA) is 61.0 Å². The summed E-state index contributed by atoms with van der Waals surface area (Å²) in [5.41, 5.74) is 6.14. The van der Waals surface area contributed by atoms with Gasteiger partial charge in [0.05, 0.1) is 6.10 Å². The van der Waals surface area contributed by atoms with Gasteiger partial charge in [0.25, 0.3) is 0 Å². The number of hydrogen-bond acceptors (Lipinski definition) is 5. The van der Waals surface area contributed by atoms with Crippen molar-refractivity contribution in [3.8, 4) is 5.75 Å². The van der Waals surface area contributed by atoms with Gasteiger partial charge in [-0.05, 0) is 37.7 Å². The number of nitrogens with two attached hydrogens (primary N) is 1. The van der Waals surface area contributed by atoms with Gasteiger partial charge >= 0.3 is 0 Å². The van der Waals surface area contributed by atoms with Crippen LogP contribution in [0.2, 0.25) is 0 Å². The SMILES string of the molecule is CC(C)Oc1cc(Sc2ncccn2)c(N)cc1F. The van der Waals surface area contributed by atoms with E-state index in [0.29, 0.717) is 15.7 Å². The molecule has 2 N–H and O–H groups in total. The quantitative estimate of drug-likeness (QED) is 0.688. The molecule has 0 aliphatic carbocycles. The second kappa shape index (κ2) is 5.88. The van der Waals surface area contributed by atoms with Crippen LogP contribution in [0, 0.1) is 5.82 Å². The summed E-state index contributed by atoms with van der Waals surface area (Å²) in [6.45, 7) is 3.67. The molecule has 19 heavy (non-hydrogen) atoms. The highest BCUT2D eigenvalue weighted by Crippen LogP contribution is 2.34. The first kappa shape index (κ1) is 13.6.